The summed E-state index contributed by atoms with van der Waals surface area (Å²) in [6, 6.07) is 13.9. The number of piperidine rings is 1. The number of aromatic nitrogens is 4. The molecule has 2 fully saturated rings. The Kier molecular flexibility index (Phi) is 9.74. The number of halogens is 1. The molecule has 5 aromatic rings. The summed E-state index contributed by atoms with van der Waals surface area (Å²) in [4.78, 5) is 72.6. The summed E-state index contributed by atoms with van der Waals surface area (Å²) in [5.41, 5.74) is 5.99. The third kappa shape index (κ3) is 7.14. The second-order valence-corrected chi connectivity index (χ2v) is 15.9. The molecule has 4 aliphatic heterocycles. The highest BCUT2D eigenvalue weighted by Gasteiger charge is 2.42. The fourth-order valence-corrected chi connectivity index (χ4v) is 8.99. The predicted octanol–water partition coefficient (Wildman–Crippen LogP) is 5.37. The summed E-state index contributed by atoms with van der Waals surface area (Å²) in [5, 5.41) is 7.37. The third-order valence-corrected chi connectivity index (χ3v) is 12.2. The molecule has 0 aliphatic carbocycles. The summed E-state index contributed by atoms with van der Waals surface area (Å²) in [6.45, 7) is 3.52. The Morgan fingerprint density at radius 2 is 1.79 bits per heavy atom. The van der Waals surface area contributed by atoms with Gasteiger partial charge in [0.15, 0.2) is 11.2 Å². The molecule has 9 rings (SSSR count). The molecule has 0 radical (unpaired) electrons. The van der Waals surface area contributed by atoms with Crippen molar-refractivity contribution < 1.29 is 23.6 Å². The van der Waals surface area contributed by atoms with E-state index in [0.29, 0.717) is 41.2 Å². The normalized spacial score (nSPS) is 17.6. The van der Waals surface area contributed by atoms with Crippen LogP contribution in [0.2, 0.25) is 0 Å². The first-order chi connectivity index (χ1) is 27.7. The minimum atomic E-state index is -1.04. The molecule has 16 heteroatoms. The van der Waals surface area contributed by atoms with Crippen LogP contribution in [-0.4, -0.2) is 85.8 Å². The molecule has 0 spiro atoms. The number of hydrogen-bond acceptors (Lipinski definition) is 10. The maximum Gasteiger partial charge on any atom is 0.328 e. The molecule has 14 nitrogen and oxygen atoms in total. The van der Waals surface area contributed by atoms with Crippen molar-refractivity contribution in [2.45, 2.75) is 63.8 Å². The first-order valence-electron chi connectivity index (χ1n) is 19.2. The lowest BCUT2D eigenvalue weighted by molar-refractivity contribution is -0.121. The van der Waals surface area contributed by atoms with Crippen LogP contribution in [0.15, 0.2) is 72.6 Å². The minimum absolute atomic E-state index is 0.0434. The molecule has 57 heavy (non-hydrogen) atoms. The first kappa shape index (κ1) is 36.6. The summed E-state index contributed by atoms with van der Waals surface area (Å²) < 4.78 is 17.9. The lowest BCUT2D eigenvalue weighted by Crippen LogP contribution is -2.49. The number of amides is 5. The van der Waals surface area contributed by atoms with Crippen LogP contribution < -0.4 is 20.4 Å². The van der Waals surface area contributed by atoms with Crippen LogP contribution >= 0.6 is 11.3 Å². The minimum Gasteiger partial charge on any atom is -0.371 e. The van der Waals surface area contributed by atoms with E-state index in [1.54, 1.807) is 30.2 Å². The number of rotatable bonds is 10. The van der Waals surface area contributed by atoms with Gasteiger partial charge in [-0.25, -0.2) is 19.2 Å². The third-order valence-electron chi connectivity index (χ3n) is 11.5. The van der Waals surface area contributed by atoms with Gasteiger partial charge in [0.05, 0.1) is 36.1 Å². The lowest BCUT2D eigenvalue weighted by atomic mass is 9.98. The van der Waals surface area contributed by atoms with Gasteiger partial charge in [-0.05, 0) is 80.3 Å². The van der Waals surface area contributed by atoms with Gasteiger partial charge in [-0.15, -0.1) is 11.3 Å². The van der Waals surface area contributed by atoms with Crippen molar-refractivity contribution >= 4 is 51.6 Å². The molecule has 2 saturated heterocycles. The molecule has 1 unspecified atom stereocenters. The highest BCUT2D eigenvalue weighted by atomic mass is 32.1. The molecule has 292 valence electrons. The second-order valence-electron chi connectivity index (χ2n) is 15.0. The number of pyridine rings is 1. The number of benzene rings is 2. The van der Waals surface area contributed by atoms with Crippen LogP contribution in [0.1, 0.15) is 64.7 Å². The first-order valence-corrected chi connectivity index (χ1v) is 20.1. The Morgan fingerprint density at radius 1 is 0.982 bits per heavy atom. The van der Waals surface area contributed by atoms with Gasteiger partial charge in [-0.3, -0.25) is 39.8 Å². The van der Waals surface area contributed by atoms with Crippen LogP contribution in [0.4, 0.5) is 25.7 Å². The van der Waals surface area contributed by atoms with Crippen molar-refractivity contribution in [1.29, 1.82) is 0 Å². The Labute approximate surface area is 332 Å². The highest BCUT2D eigenvalue weighted by Crippen LogP contribution is 2.38. The number of carbonyl (C=O) groups is 4. The molecule has 1 atom stereocenters. The Morgan fingerprint density at radius 3 is 2.53 bits per heavy atom. The summed E-state index contributed by atoms with van der Waals surface area (Å²) in [7, 11) is 2.11. The standard InChI is InChI=1S/C41H41FN10O4S/c1-48(22-27-6-9-30(21-44-27)51-17-12-35(53)46-41(51)56)28-10-15-49(16-11-28)29-7-4-25(5-8-29)26-19-31-32(33(42)20-26)23-52(39(31)55)37(38(54)47-40-43-13-18-57-40)36-34-3-2-14-50(34)24-45-36/h4-9,13,18-21,24,28,37H,2-3,10-12,14-17,22-23H2,1H3,(H,43,47,54)(H,46,53,56). The van der Waals surface area contributed by atoms with E-state index in [2.05, 4.69) is 42.4 Å². The van der Waals surface area contributed by atoms with Gasteiger partial charge < -0.3 is 14.4 Å². The number of aryl methyl sites for hydroxylation is 1. The van der Waals surface area contributed by atoms with E-state index in [4.69, 9.17) is 0 Å². The fourth-order valence-electron chi connectivity index (χ4n) is 8.46. The van der Waals surface area contributed by atoms with E-state index >= 15 is 4.39 Å². The van der Waals surface area contributed by atoms with Crippen LogP contribution in [-0.2, 0) is 35.6 Å². The summed E-state index contributed by atoms with van der Waals surface area (Å²) in [5.74, 6) is -1.59. The lowest BCUT2D eigenvalue weighted by Gasteiger charge is -2.38. The SMILES string of the molecule is CN(Cc1ccc(N2CCC(=O)NC2=O)cn1)C1CCN(c2ccc(-c3cc(F)c4c(c3)C(=O)N(C(C(=O)Nc3nccs3)c3ncn5c3CCC5)C4)cc2)CC1. The van der Waals surface area contributed by atoms with Crippen molar-refractivity contribution in [3.63, 3.8) is 0 Å². The topological polar surface area (TPSA) is 149 Å². The van der Waals surface area contributed by atoms with Crippen molar-refractivity contribution in [1.82, 2.24) is 34.6 Å². The molecule has 2 N–H and O–H groups in total. The molecule has 7 heterocycles. The zero-order valence-electron chi connectivity index (χ0n) is 31.4. The average molecular weight is 789 g/mol. The summed E-state index contributed by atoms with van der Waals surface area (Å²) >= 11 is 1.28. The average Bonchev–Trinajstić information content (AvgIpc) is 4.04. The van der Waals surface area contributed by atoms with E-state index in [1.165, 1.54) is 27.2 Å². The van der Waals surface area contributed by atoms with Gasteiger partial charge >= 0.3 is 6.03 Å². The quantitative estimate of drug-likeness (QED) is 0.191. The van der Waals surface area contributed by atoms with Crippen molar-refractivity contribution in [2.75, 3.05) is 41.8 Å². The Balaban J connectivity index is 0.844. The van der Waals surface area contributed by atoms with Crippen molar-refractivity contribution in [3.8, 4) is 11.1 Å². The number of imide groups is 1. The van der Waals surface area contributed by atoms with Crippen LogP contribution in [0.3, 0.4) is 0 Å². The van der Waals surface area contributed by atoms with Crippen LogP contribution in [0.25, 0.3) is 11.1 Å². The van der Waals surface area contributed by atoms with Crippen molar-refractivity contribution in [3.05, 3.63) is 107 Å². The molecule has 0 saturated carbocycles. The molecule has 2 aromatic carbocycles. The van der Waals surface area contributed by atoms with E-state index < -0.39 is 29.7 Å². The maximum atomic E-state index is 15.9. The molecule has 5 amide bonds. The van der Waals surface area contributed by atoms with Gasteiger partial charge in [-0.2, -0.15) is 0 Å². The number of carbonyl (C=O) groups excluding carboxylic acids is 4. The van der Waals surface area contributed by atoms with Gasteiger partial charge in [0, 0.05) is 79.3 Å². The van der Waals surface area contributed by atoms with E-state index in [1.807, 2.05) is 41.0 Å². The Hall–Kier alpha value is -6.00. The maximum absolute atomic E-state index is 15.9. The highest BCUT2D eigenvalue weighted by molar-refractivity contribution is 7.13. The smallest absolute Gasteiger partial charge is 0.328 e. The second kappa shape index (κ2) is 15.2. The van der Waals surface area contributed by atoms with Crippen molar-refractivity contribution in [2.24, 2.45) is 0 Å². The van der Waals surface area contributed by atoms with Gasteiger partial charge in [0.1, 0.15) is 5.82 Å². The zero-order chi connectivity index (χ0) is 39.2. The largest absolute Gasteiger partial charge is 0.371 e. The van der Waals surface area contributed by atoms with Crippen LogP contribution in [0.5, 0.6) is 0 Å². The van der Waals surface area contributed by atoms with Gasteiger partial charge in [0.2, 0.25) is 5.91 Å². The predicted molar refractivity (Wildman–Crippen MR) is 212 cm³/mol. The molecule has 4 aliphatic rings. The van der Waals surface area contributed by atoms with E-state index in [0.717, 1.165) is 68.0 Å². The van der Waals surface area contributed by atoms with Gasteiger partial charge in [0.25, 0.3) is 11.8 Å². The molecule has 3 aromatic heterocycles. The monoisotopic (exact) mass is 788 g/mol. The number of fused-ring (bicyclic) bond motifs is 2. The number of urea groups is 1. The molecular formula is C41H41FN10O4S. The Bertz CT molecular complexity index is 2340. The summed E-state index contributed by atoms with van der Waals surface area (Å²) in [6.07, 6.45) is 8.88. The number of anilines is 3. The van der Waals surface area contributed by atoms with E-state index in [9.17, 15) is 19.2 Å². The number of nitrogens with one attached hydrogen (secondary N) is 2. The van der Waals surface area contributed by atoms with E-state index in [-0.39, 0.29) is 30.0 Å². The number of hydrogen-bond donors (Lipinski definition) is 2. The zero-order valence-corrected chi connectivity index (χ0v) is 32.2. The molecule has 0 bridgehead atoms. The number of nitrogens with zero attached hydrogens (tertiary/aromatic N) is 8. The van der Waals surface area contributed by atoms with Crippen LogP contribution in [0, 0.1) is 5.82 Å². The number of thiazole rings is 1. The molecular weight excluding hydrogens is 748 g/mol. The van der Waals surface area contributed by atoms with Gasteiger partial charge in [-0.1, -0.05) is 12.1 Å². The number of imidazole rings is 1. The fraction of sp³-hybridized carbons (Fsp3) is 0.341.